The lowest BCUT2D eigenvalue weighted by atomic mass is 10.1. The molecular formula is C15H11BrCl2O2. The Morgan fingerprint density at radius 3 is 2.35 bits per heavy atom. The molecule has 2 aromatic carbocycles. The Morgan fingerprint density at radius 2 is 1.75 bits per heavy atom. The van der Waals surface area contributed by atoms with Crippen LogP contribution in [0.5, 0.6) is 5.75 Å². The molecule has 0 spiro atoms. The molecule has 0 amide bonds. The first-order valence-corrected chi connectivity index (χ1v) is 7.44. The average molecular weight is 374 g/mol. The predicted molar refractivity (Wildman–Crippen MR) is 85.0 cm³/mol. The Bertz CT molecular complexity index is 626. The molecule has 0 saturated carbocycles. The third kappa shape index (κ3) is 3.75. The molecule has 0 radical (unpaired) electrons. The van der Waals surface area contributed by atoms with E-state index in [1.54, 1.807) is 37.3 Å². The van der Waals surface area contributed by atoms with Crippen LogP contribution in [0.15, 0.2) is 46.9 Å². The predicted octanol–water partition coefficient (Wildman–Crippen LogP) is 5.41. The molecule has 2 rings (SSSR count). The fraction of sp³-hybridized carbons (Fsp3) is 0.133. The molecule has 0 saturated heterocycles. The van der Waals surface area contributed by atoms with Crippen molar-refractivity contribution in [2.24, 2.45) is 0 Å². The van der Waals surface area contributed by atoms with Gasteiger partial charge in [0.15, 0.2) is 6.10 Å². The second kappa shape index (κ2) is 6.61. The summed E-state index contributed by atoms with van der Waals surface area (Å²) in [6.07, 6.45) is -0.603. The third-order valence-corrected chi connectivity index (χ3v) is 3.97. The number of benzene rings is 2. The minimum atomic E-state index is -0.603. The number of ketones is 1. The van der Waals surface area contributed by atoms with Crippen molar-refractivity contribution < 1.29 is 9.53 Å². The molecule has 0 aliphatic heterocycles. The van der Waals surface area contributed by atoms with E-state index in [-0.39, 0.29) is 5.78 Å². The van der Waals surface area contributed by atoms with Crippen LogP contribution in [0.3, 0.4) is 0 Å². The fourth-order valence-electron chi connectivity index (χ4n) is 1.66. The molecule has 0 bridgehead atoms. The van der Waals surface area contributed by atoms with Crippen LogP contribution in [0.4, 0.5) is 0 Å². The summed E-state index contributed by atoms with van der Waals surface area (Å²) in [5.74, 6) is 0.418. The van der Waals surface area contributed by atoms with Crippen LogP contribution in [0.1, 0.15) is 17.3 Å². The summed E-state index contributed by atoms with van der Waals surface area (Å²) in [7, 11) is 0. The minimum absolute atomic E-state index is 0.0939. The van der Waals surface area contributed by atoms with E-state index in [9.17, 15) is 4.79 Å². The van der Waals surface area contributed by atoms with Gasteiger partial charge in [-0.15, -0.1) is 0 Å². The van der Waals surface area contributed by atoms with E-state index in [0.29, 0.717) is 21.4 Å². The zero-order valence-corrected chi connectivity index (χ0v) is 13.7. The van der Waals surface area contributed by atoms with Gasteiger partial charge in [-0.1, -0.05) is 51.3 Å². The number of halogens is 3. The first kappa shape index (κ1) is 15.4. The molecule has 1 atom stereocenters. The van der Waals surface area contributed by atoms with Crippen molar-refractivity contribution in [2.45, 2.75) is 13.0 Å². The van der Waals surface area contributed by atoms with Crippen molar-refractivity contribution in [3.05, 3.63) is 62.5 Å². The Labute approximate surface area is 135 Å². The molecule has 0 N–H and O–H groups in total. The SMILES string of the molecule is CC(Oc1ccc(Cl)c(Cl)c1)C(=O)c1ccc(Br)cc1. The van der Waals surface area contributed by atoms with E-state index in [4.69, 9.17) is 27.9 Å². The fourth-order valence-corrected chi connectivity index (χ4v) is 2.21. The van der Waals surface area contributed by atoms with Crippen LogP contribution in [-0.4, -0.2) is 11.9 Å². The number of carbonyl (C=O) groups excluding carboxylic acids is 1. The van der Waals surface area contributed by atoms with Gasteiger partial charge in [-0.2, -0.15) is 0 Å². The highest BCUT2D eigenvalue weighted by molar-refractivity contribution is 9.10. The van der Waals surface area contributed by atoms with Crippen LogP contribution < -0.4 is 4.74 Å². The van der Waals surface area contributed by atoms with Gasteiger partial charge in [0.05, 0.1) is 10.0 Å². The highest BCUT2D eigenvalue weighted by atomic mass is 79.9. The number of Topliss-reactive ketones (excluding diaryl/α,β-unsaturated/α-hetero) is 1. The molecule has 0 fully saturated rings. The Hall–Kier alpha value is -1.03. The van der Waals surface area contributed by atoms with Crippen LogP contribution in [0.2, 0.25) is 10.0 Å². The lowest BCUT2D eigenvalue weighted by Gasteiger charge is -2.14. The van der Waals surface area contributed by atoms with Gasteiger partial charge >= 0.3 is 0 Å². The van der Waals surface area contributed by atoms with Crippen LogP contribution >= 0.6 is 39.1 Å². The highest BCUT2D eigenvalue weighted by Crippen LogP contribution is 2.27. The maximum atomic E-state index is 12.2. The van der Waals surface area contributed by atoms with E-state index in [2.05, 4.69) is 15.9 Å². The van der Waals surface area contributed by atoms with Gasteiger partial charge in [-0.25, -0.2) is 0 Å². The van der Waals surface area contributed by atoms with E-state index in [0.717, 1.165) is 4.47 Å². The maximum absolute atomic E-state index is 12.2. The van der Waals surface area contributed by atoms with Crippen LogP contribution in [0.25, 0.3) is 0 Å². The molecule has 1 unspecified atom stereocenters. The summed E-state index contributed by atoms with van der Waals surface area (Å²) in [4.78, 5) is 12.2. The summed E-state index contributed by atoms with van der Waals surface area (Å²) in [5, 5.41) is 0.846. The summed E-state index contributed by atoms with van der Waals surface area (Å²) in [6.45, 7) is 1.70. The topological polar surface area (TPSA) is 26.3 Å². The van der Waals surface area contributed by atoms with Gasteiger partial charge in [0.25, 0.3) is 0 Å². The standard InChI is InChI=1S/C15H11BrCl2O2/c1-9(15(19)10-2-4-11(16)5-3-10)20-12-6-7-13(17)14(18)8-12/h2-9H,1H3. The molecule has 104 valence electrons. The van der Waals surface area contributed by atoms with Crippen molar-refractivity contribution in [3.63, 3.8) is 0 Å². The average Bonchev–Trinajstić information content (AvgIpc) is 2.43. The number of hydrogen-bond donors (Lipinski definition) is 0. The Kier molecular flexibility index (Phi) is 5.08. The van der Waals surface area contributed by atoms with E-state index in [1.165, 1.54) is 0 Å². The lowest BCUT2D eigenvalue weighted by molar-refractivity contribution is 0.0818. The van der Waals surface area contributed by atoms with E-state index in [1.807, 2.05) is 12.1 Å². The zero-order valence-electron chi connectivity index (χ0n) is 10.6. The quantitative estimate of drug-likeness (QED) is 0.670. The molecule has 0 aromatic heterocycles. The summed E-state index contributed by atoms with van der Waals surface area (Å²) in [5.41, 5.74) is 0.598. The Morgan fingerprint density at radius 1 is 1.10 bits per heavy atom. The van der Waals surface area contributed by atoms with Crippen LogP contribution in [-0.2, 0) is 0 Å². The van der Waals surface area contributed by atoms with Gasteiger partial charge in [-0.3, -0.25) is 4.79 Å². The molecule has 5 heteroatoms. The summed E-state index contributed by atoms with van der Waals surface area (Å²) < 4.78 is 6.52. The number of rotatable bonds is 4. The summed E-state index contributed by atoms with van der Waals surface area (Å²) >= 11 is 15.1. The van der Waals surface area contributed by atoms with Gasteiger partial charge in [0.2, 0.25) is 5.78 Å². The van der Waals surface area contributed by atoms with E-state index >= 15 is 0 Å². The van der Waals surface area contributed by atoms with Gasteiger partial charge in [0.1, 0.15) is 5.75 Å². The van der Waals surface area contributed by atoms with Crippen molar-refractivity contribution in [2.75, 3.05) is 0 Å². The smallest absolute Gasteiger partial charge is 0.202 e. The number of carbonyl (C=O) groups is 1. The normalized spacial score (nSPS) is 12.0. The highest BCUT2D eigenvalue weighted by Gasteiger charge is 2.17. The van der Waals surface area contributed by atoms with Gasteiger partial charge < -0.3 is 4.74 Å². The van der Waals surface area contributed by atoms with Gasteiger partial charge in [0, 0.05) is 16.1 Å². The first-order valence-electron chi connectivity index (χ1n) is 5.89. The largest absolute Gasteiger partial charge is 0.483 e. The van der Waals surface area contributed by atoms with Crippen molar-refractivity contribution in [3.8, 4) is 5.75 Å². The lowest BCUT2D eigenvalue weighted by Crippen LogP contribution is -2.23. The number of hydrogen-bond acceptors (Lipinski definition) is 2. The van der Waals surface area contributed by atoms with Crippen molar-refractivity contribution in [1.29, 1.82) is 0 Å². The van der Waals surface area contributed by atoms with E-state index < -0.39 is 6.10 Å². The molecule has 0 aliphatic carbocycles. The molecule has 0 heterocycles. The molecule has 2 aromatic rings. The zero-order chi connectivity index (χ0) is 14.7. The number of ether oxygens (including phenoxy) is 1. The minimum Gasteiger partial charge on any atom is -0.483 e. The monoisotopic (exact) mass is 372 g/mol. The Balaban J connectivity index is 2.11. The van der Waals surface area contributed by atoms with Gasteiger partial charge in [-0.05, 0) is 31.2 Å². The second-order valence-electron chi connectivity index (χ2n) is 4.21. The molecule has 2 nitrogen and oxygen atoms in total. The van der Waals surface area contributed by atoms with Crippen LogP contribution in [0, 0.1) is 0 Å². The van der Waals surface area contributed by atoms with Crippen molar-refractivity contribution >= 4 is 44.9 Å². The second-order valence-corrected chi connectivity index (χ2v) is 5.94. The molecule has 0 aliphatic rings. The molecular weight excluding hydrogens is 363 g/mol. The third-order valence-electron chi connectivity index (χ3n) is 2.70. The molecule has 20 heavy (non-hydrogen) atoms. The maximum Gasteiger partial charge on any atom is 0.202 e. The van der Waals surface area contributed by atoms with Crippen molar-refractivity contribution in [1.82, 2.24) is 0 Å². The summed E-state index contributed by atoms with van der Waals surface area (Å²) in [6, 6.07) is 12.0. The first-order chi connectivity index (χ1) is 9.47.